The number of carbonyl (C=O) groups excluding carboxylic acids is 2. The first kappa shape index (κ1) is 31.5. The van der Waals surface area contributed by atoms with Crippen LogP contribution in [0.1, 0.15) is 26.3 Å². The minimum absolute atomic E-state index is 0.00251. The van der Waals surface area contributed by atoms with Crippen molar-refractivity contribution in [2.24, 2.45) is 5.92 Å². The van der Waals surface area contributed by atoms with Crippen molar-refractivity contribution in [3.8, 4) is 11.5 Å². The molecule has 9 nitrogen and oxygen atoms in total. The number of nitrogens with one attached hydrogen (secondary N) is 1. The Morgan fingerprint density at radius 2 is 1.62 bits per heavy atom. The summed E-state index contributed by atoms with van der Waals surface area (Å²) in [6.07, 6.45) is 0. The zero-order valence-corrected chi connectivity index (χ0v) is 25.9. The van der Waals surface area contributed by atoms with Gasteiger partial charge >= 0.3 is 0 Å². The molecule has 0 saturated carbocycles. The molecule has 3 aromatic carbocycles. The van der Waals surface area contributed by atoms with E-state index in [2.05, 4.69) is 5.32 Å². The third kappa shape index (κ3) is 7.48. The maximum absolute atomic E-state index is 14.1. The highest BCUT2D eigenvalue weighted by Crippen LogP contribution is 2.36. The Kier molecular flexibility index (Phi) is 10.2. The van der Waals surface area contributed by atoms with Gasteiger partial charge in [-0.25, -0.2) is 8.42 Å². The van der Waals surface area contributed by atoms with Crippen LogP contribution in [0.4, 0.5) is 5.69 Å². The highest BCUT2D eigenvalue weighted by atomic mass is 35.5. The van der Waals surface area contributed by atoms with Gasteiger partial charge in [-0.1, -0.05) is 61.3 Å². The molecular formula is C30H33Cl2N3O6S. The molecular weight excluding hydrogens is 601 g/mol. The number of halogens is 2. The summed E-state index contributed by atoms with van der Waals surface area (Å²) in [7, 11) is -4.22. The molecule has 0 fully saturated rings. The number of fused-ring (bicyclic) bond motifs is 1. The van der Waals surface area contributed by atoms with E-state index in [0.717, 1.165) is 4.31 Å². The zero-order chi connectivity index (χ0) is 30.4. The van der Waals surface area contributed by atoms with Gasteiger partial charge in [0.1, 0.15) is 25.8 Å². The van der Waals surface area contributed by atoms with Crippen molar-refractivity contribution in [1.82, 2.24) is 10.2 Å². The highest BCUT2D eigenvalue weighted by Gasteiger charge is 2.33. The molecule has 4 rings (SSSR count). The van der Waals surface area contributed by atoms with Crippen molar-refractivity contribution in [1.29, 1.82) is 0 Å². The van der Waals surface area contributed by atoms with Gasteiger partial charge in [-0.05, 0) is 54.8 Å². The molecule has 0 saturated heterocycles. The minimum atomic E-state index is -4.22. The van der Waals surface area contributed by atoms with E-state index in [1.807, 2.05) is 13.8 Å². The summed E-state index contributed by atoms with van der Waals surface area (Å²) in [4.78, 5) is 28.5. The van der Waals surface area contributed by atoms with Crippen molar-refractivity contribution in [3.05, 3.63) is 82.3 Å². The summed E-state index contributed by atoms with van der Waals surface area (Å²) in [5.41, 5.74) is 0.757. The lowest BCUT2D eigenvalue weighted by Crippen LogP contribution is -2.51. The van der Waals surface area contributed by atoms with E-state index in [-0.39, 0.29) is 29.0 Å². The normalized spacial score (nSPS) is 13.4. The Balaban J connectivity index is 1.73. The molecule has 2 amide bonds. The number of nitrogens with zero attached hydrogens (tertiary/aromatic N) is 2. The second-order valence-electron chi connectivity index (χ2n) is 10.2. The first-order valence-electron chi connectivity index (χ1n) is 13.5. The summed E-state index contributed by atoms with van der Waals surface area (Å²) < 4.78 is 40.2. The molecule has 42 heavy (non-hydrogen) atoms. The molecule has 0 radical (unpaired) electrons. The molecule has 0 aromatic heterocycles. The second-order valence-corrected chi connectivity index (χ2v) is 12.9. The van der Waals surface area contributed by atoms with Gasteiger partial charge in [-0.15, -0.1) is 0 Å². The third-order valence-electron chi connectivity index (χ3n) is 6.63. The number of sulfonamides is 1. The Labute approximate surface area is 256 Å². The molecule has 1 atom stereocenters. The number of ether oxygens (including phenoxy) is 2. The fourth-order valence-electron chi connectivity index (χ4n) is 4.30. The molecule has 1 unspecified atom stereocenters. The van der Waals surface area contributed by atoms with E-state index >= 15 is 0 Å². The molecule has 1 N–H and O–H groups in total. The molecule has 3 aromatic rings. The van der Waals surface area contributed by atoms with Gasteiger partial charge in [0.2, 0.25) is 11.8 Å². The number of anilines is 1. The van der Waals surface area contributed by atoms with Crippen molar-refractivity contribution >= 4 is 50.7 Å². The van der Waals surface area contributed by atoms with E-state index in [0.29, 0.717) is 46.9 Å². The first-order chi connectivity index (χ1) is 20.0. The van der Waals surface area contributed by atoms with Gasteiger partial charge in [-0.3, -0.25) is 13.9 Å². The number of amides is 2. The molecule has 1 heterocycles. The monoisotopic (exact) mass is 633 g/mol. The van der Waals surface area contributed by atoms with Crippen LogP contribution in [-0.2, 0) is 26.2 Å². The highest BCUT2D eigenvalue weighted by molar-refractivity contribution is 7.92. The number of rotatable bonds is 11. The maximum Gasteiger partial charge on any atom is 0.264 e. The lowest BCUT2D eigenvalue weighted by atomic mass is 10.1. The Hall–Kier alpha value is -3.47. The van der Waals surface area contributed by atoms with Crippen molar-refractivity contribution < 1.29 is 27.5 Å². The van der Waals surface area contributed by atoms with Gasteiger partial charge in [0.15, 0.2) is 11.5 Å². The Morgan fingerprint density at radius 1 is 0.929 bits per heavy atom. The van der Waals surface area contributed by atoms with Crippen LogP contribution < -0.4 is 19.1 Å². The summed E-state index contributed by atoms with van der Waals surface area (Å²) in [5, 5.41) is 3.59. The summed E-state index contributed by atoms with van der Waals surface area (Å²) in [5.74, 6) is 0.0489. The summed E-state index contributed by atoms with van der Waals surface area (Å²) >= 11 is 12.5. The van der Waals surface area contributed by atoms with Crippen LogP contribution in [-0.4, -0.2) is 57.5 Å². The van der Waals surface area contributed by atoms with E-state index in [9.17, 15) is 18.0 Å². The lowest BCUT2D eigenvalue weighted by molar-refractivity contribution is -0.139. The molecule has 12 heteroatoms. The lowest BCUT2D eigenvalue weighted by Gasteiger charge is -2.32. The van der Waals surface area contributed by atoms with Gasteiger partial charge in [0.05, 0.1) is 10.6 Å². The fourth-order valence-corrected chi connectivity index (χ4v) is 6.20. The van der Waals surface area contributed by atoms with Gasteiger partial charge in [0, 0.05) is 29.2 Å². The molecule has 0 aliphatic carbocycles. The van der Waals surface area contributed by atoms with Crippen LogP contribution in [0.5, 0.6) is 11.5 Å². The molecule has 1 aliphatic heterocycles. The van der Waals surface area contributed by atoms with Crippen LogP contribution in [0.3, 0.4) is 0 Å². The predicted molar refractivity (Wildman–Crippen MR) is 163 cm³/mol. The zero-order valence-electron chi connectivity index (χ0n) is 23.5. The van der Waals surface area contributed by atoms with Gasteiger partial charge < -0.3 is 19.7 Å². The largest absolute Gasteiger partial charge is 0.486 e. The summed E-state index contributed by atoms with van der Waals surface area (Å²) in [6, 6.07) is 16.4. The predicted octanol–water partition coefficient (Wildman–Crippen LogP) is 5.15. The fraction of sp³-hybridized carbons (Fsp3) is 0.333. The van der Waals surface area contributed by atoms with E-state index in [1.165, 1.54) is 23.1 Å². The number of hydrogen-bond donors (Lipinski definition) is 1. The van der Waals surface area contributed by atoms with Crippen LogP contribution in [0.15, 0.2) is 71.6 Å². The maximum atomic E-state index is 14.1. The van der Waals surface area contributed by atoms with Crippen molar-refractivity contribution in [2.45, 2.75) is 38.3 Å². The van der Waals surface area contributed by atoms with Crippen molar-refractivity contribution in [3.63, 3.8) is 0 Å². The second kappa shape index (κ2) is 13.7. The average Bonchev–Trinajstić information content (AvgIpc) is 2.98. The standard InChI is InChI=1S/C30H33Cl2N3O6S/c1-20(2)17-33-30(37)21(3)34(18-22-9-10-23(31)15-26(22)32)29(36)19-35(42(38,39)25-7-5-4-6-8-25)24-11-12-27-28(16-24)41-14-13-40-27/h4-12,15-16,20-21H,13-14,17-19H2,1-3H3,(H,33,37). The van der Waals surface area contributed by atoms with Crippen LogP contribution in [0, 0.1) is 5.92 Å². The van der Waals surface area contributed by atoms with Gasteiger partial charge in [0.25, 0.3) is 10.0 Å². The number of hydrogen-bond acceptors (Lipinski definition) is 6. The quantitative estimate of drug-likeness (QED) is 0.313. The topological polar surface area (TPSA) is 105 Å². The molecule has 0 spiro atoms. The van der Waals surface area contributed by atoms with Crippen LogP contribution in [0.25, 0.3) is 0 Å². The van der Waals surface area contributed by atoms with Gasteiger partial charge in [-0.2, -0.15) is 0 Å². The Morgan fingerprint density at radius 3 is 2.29 bits per heavy atom. The SMILES string of the molecule is CC(C)CNC(=O)C(C)N(Cc1ccc(Cl)cc1Cl)C(=O)CN(c1ccc2c(c1)OCCO2)S(=O)(=O)c1ccccc1. The van der Waals surface area contributed by atoms with E-state index in [4.69, 9.17) is 32.7 Å². The summed E-state index contributed by atoms with van der Waals surface area (Å²) in [6.45, 7) is 5.96. The average molecular weight is 635 g/mol. The molecule has 1 aliphatic rings. The van der Waals surface area contributed by atoms with Crippen LogP contribution >= 0.6 is 23.2 Å². The number of benzene rings is 3. The smallest absolute Gasteiger partial charge is 0.264 e. The van der Waals surface area contributed by atoms with Crippen LogP contribution in [0.2, 0.25) is 10.0 Å². The van der Waals surface area contributed by atoms with E-state index < -0.39 is 28.5 Å². The Bertz CT molecular complexity index is 1540. The molecule has 0 bridgehead atoms. The van der Waals surface area contributed by atoms with Crippen molar-refractivity contribution in [2.75, 3.05) is 30.6 Å². The number of carbonyl (C=O) groups is 2. The van der Waals surface area contributed by atoms with E-state index in [1.54, 1.807) is 55.5 Å². The molecule has 224 valence electrons. The first-order valence-corrected chi connectivity index (χ1v) is 15.7. The third-order valence-corrected chi connectivity index (χ3v) is 9.01. The minimum Gasteiger partial charge on any atom is -0.486 e.